The minimum atomic E-state index is -1.07. The highest BCUT2D eigenvalue weighted by atomic mass is 19.1. The Balaban J connectivity index is 1.42. The number of nitrogens with one attached hydrogen (secondary N) is 2. The Morgan fingerprint density at radius 2 is 1.78 bits per heavy atom. The topological polar surface area (TPSA) is 116 Å². The van der Waals surface area contributed by atoms with Gasteiger partial charge in [-0.2, -0.15) is 0 Å². The van der Waals surface area contributed by atoms with Crippen molar-refractivity contribution >= 4 is 17.8 Å². The third-order valence-corrected chi connectivity index (χ3v) is 8.43. The maximum Gasteiger partial charge on any atom is 0.343 e. The lowest BCUT2D eigenvalue weighted by Gasteiger charge is -2.20. The molecule has 2 N–H and O–H groups in total. The quantitative estimate of drug-likeness (QED) is 0.243. The van der Waals surface area contributed by atoms with Crippen molar-refractivity contribution in [3.8, 4) is 22.6 Å². The molecule has 9 nitrogen and oxygen atoms in total. The molecule has 0 spiro atoms. The normalized spacial score (nSPS) is 17.3. The third kappa shape index (κ3) is 5.64. The Labute approximate surface area is 263 Å². The number of pyridine rings is 1. The molecule has 0 bridgehead atoms. The molecular weight excluding hydrogens is 596 g/mol. The largest absolute Gasteiger partial charge is 0.484 e. The molecule has 11 heteroatoms. The Kier molecular flexibility index (Phi) is 8.16. The standard InChI is InChI=1S/C35H31F2N3O6/c1-19-16-26(45-18-28(41)44-3)24(33(42)40-35(13-14-35)27-6-4-5-15-39-27)17-23(19)22-11-12-25-29(31(22)37)30(34(43)38-2)32(46-25)20-7-9-21(36)10-8-20/h4-12,15-17,30,32H,13-14,18H2,1-3H3,(H,38,43)(H,40,42). The molecule has 2 amide bonds. The van der Waals surface area contributed by atoms with E-state index in [1.54, 1.807) is 31.3 Å². The van der Waals surface area contributed by atoms with Gasteiger partial charge in [0.1, 0.15) is 35.2 Å². The van der Waals surface area contributed by atoms with E-state index in [0.29, 0.717) is 35.2 Å². The number of nitrogens with zero attached hydrogens (tertiary/aromatic N) is 1. The van der Waals surface area contributed by atoms with Gasteiger partial charge in [0.2, 0.25) is 5.91 Å². The first-order valence-corrected chi connectivity index (χ1v) is 14.7. The molecule has 2 atom stereocenters. The first kappa shape index (κ1) is 30.7. The molecule has 2 aliphatic rings. The highest BCUT2D eigenvalue weighted by Crippen LogP contribution is 2.50. The highest BCUT2D eigenvalue weighted by molar-refractivity contribution is 5.99. The van der Waals surface area contributed by atoms with E-state index >= 15 is 4.39 Å². The number of likely N-dealkylation sites (N-methyl/N-ethyl adjacent to an activating group) is 1. The fourth-order valence-electron chi connectivity index (χ4n) is 5.83. The van der Waals surface area contributed by atoms with Gasteiger partial charge in [-0.25, -0.2) is 13.6 Å². The number of benzene rings is 3. The van der Waals surface area contributed by atoms with Crippen molar-refractivity contribution in [1.29, 1.82) is 0 Å². The molecule has 0 saturated heterocycles. The van der Waals surface area contributed by atoms with Crippen LogP contribution in [-0.4, -0.2) is 43.5 Å². The number of aromatic nitrogens is 1. The van der Waals surface area contributed by atoms with Crippen LogP contribution in [0.25, 0.3) is 11.1 Å². The molecule has 2 heterocycles. The minimum absolute atomic E-state index is 0.0506. The molecule has 4 aromatic rings. The van der Waals surface area contributed by atoms with Crippen LogP contribution in [0.1, 0.15) is 57.6 Å². The molecule has 1 fully saturated rings. The van der Waals surface area contributed by atoms with Crippen LogP contribution in [-0.2, 0) is 19.9 Å². The highest BCUT2D eigenvalue weighted by Gasteiger charge is 2.47. The van der Waals surface area contributed by atoms with Gasteiger partial charge >= 0.3 is 5.97 Å². The summed E-state index contributed by atoms with van der Waals surface area (Å²) in [5.41, 5.74) is 1.75. The number of ether oxygens (including phenoxy) is 3. The van der Waals surface area contributed by atoms with Gasteiger partial charge in [0, 0.05) is 24.4 Å². The maximum absolute atomic E-state index is 16.7. The first-order chi connectivity index (χ1) is 22.2. The number of halogens is 2. The number of rotatable bonds is 9. The van der Waals surface area contributed by atoms with Crippen LogP contribution in [0.15, 0.2) is 72.9 Å². The van der Waals surface area contributed by atoms with Crippen LogP contribution in [0.5, 0.6) is 11.5 Å². The van der Waals surface area contributed by atoms with Crippen molar-refractivity contribution < 1.29 is 37.4 Å². The fraction of sp³-hybridized carbons (Fsp3) is 0.257. The maximum atomic E-state index is 16.7. The summed E-state index contributed by atoms with van der Waals surface area (Å²) < 4.78 is 46.8. The number of esters is 1. The van der Waals surface area contributed by atoms with E-state index in [4.69, 9.17) is 14.2 Å². The fourth-order valence-corrected chi connectivity index (χ4v) is 5.83. The van der Waals surface area contributed by atoms with E-state index < -0.39 is 53.6 Å². The zero-order valence-electron chi connectivity index (χ0n) is 25.4. The van der Waals surface area contributed by atoms with Crippen LogP contribution < -0.4 is 20.1 Å². The lowest BCUT2D eigenvalue weighted by atomic mass is 9.87. The van der Waals surface area contributed by atoms with Crippen molar-refractivity contribution in [3.63, 3.8) is 0 Å². The lowest BCUT2D eigenvalue weighted by Crippen LogP contribution is -2.35. The zero-order valence-corrected chi connectivity index (χ0v) is 25.4. The van der Waals surface area contributed by atoms with Gasteiger partial charge in [-0.3, -0.25) is 14.6 Å². The van der Waals surface area contributed by atoms with Crippen molar-refractivity contribution in [2.75, 3.05) is 20.8 Å². The summed E-state index contributed by atoms with van der Waals surface area (Å²) in [5, 5.41) is 5.65. The Hall–Kier alpha value is -5.32. The van der Waals surface area contributed by atoms with Gasteiger partial charge in [0.25, 0.3) is 5.91 Å². The number of fused-ring (bicyclic) bond motifs is 1. The van der Waals surface area contributed by atoms with Crippen molar-refractivity contribution in [3.05, 3.63) is 113 Å². The van der Waals surface area contributed by atoms with Crippen LogP contribution >= 0.6 is 0 Å². The molecule has 1 aromatic heterocycles. The van der Waals surface area contributed by atoms with Crippen LogP contribution in [0.3, 0.4) is 0 Å². The molecule has 1 aliphatic carbocycles. The molecule has 0 radical (unpaired) electrons. The van der Waals surface area contributed by atoms with Gasteiger partial charge in [-0.15, -0.1) is 0 Å². The number of carbonyl (C=O) groups is 3. The van der Waals surface area contributed by atoms with Gasteiger partial charge in [0.15, 0.2) is 6.61 Å². The number of aryl methyl sites for hydroxylation is 1. The summed E-state index contributed by atoms with van der Waals surface area (Å²) in [6, 6.07) is 17.2. The predicted molar refractivity (Wildman–Crippen MR) is 163 cm³/mol. The van der Waals surface area contributed by atoms with Crippen molar-refractivity contribution in [2.24, 2.45) is 0 Å². The van der Waals surface area contributed by atoms with Gasteiger partial charge in [-0.1, -0.05) is 18.2 Å². The molecule has 2 unspecified atom stereocenters. The molecule has 3 aromatic carbocycles. The zero-order chi connectivity index (χ0) is 32.6. The van der Waals surface area contributed by atoms with Crippen LogP contribution in [0.2, 0.25) is 0 Å². The summed E-state index contributed by atoms with van der Waals surface area (Å²) in [6.07, 6.45) is 2.13. The number of methoxy groups -OCH3 is 1. The van der Waals surface area contributed by atoms with E-state index in [1.165, 1.54) is 50.6 Å². The monoisotopic (exact) mass is 627 g/mol. The summed E-state index contributed by atoms with van der Waals surface area (Å²) >= 11 is 0. The van der Waals surface area contributed by atoms with E-state index in [1.807, 2.05) is 12.1 Å². The summed E-state index contributed by atoms with van der Waals surface area (Å²) in [5.74, 6) is -3.52. The van der Waals surface area contributed by atoms with E-state index in [2.05, 4.69) is 15.6 Å². The summed E-state index contributed by atoms with van der Waals surface area (Å²) in [7, 11) is 2.67. The smallest absolute Gasteiger partial charge is 0.343 e. The summed E-state index contributed by atoms with van der Waals surface area (Å²) in [4.78, 5) is 43.3. The van der Waals surface area contributed by atoms with E-state index in [9.17, 15) is 18.8 Å². The molecule has 6 rings (SSSR count). The van der Waals surface area contributed by atoms with Crippen LogP contribution in [0, 0.1) is 18.6 Å². The second-order valence-electron chi connectivity index (χ2n) is 11.3. The van der Waals surface area contributed by atoms with Crippen molar-refractivity contribution in [2.45, 2.75) is 37.3 Å². The Morgan fingerprint density at radius 3 is 2.43 bits per heavy atom. The number of carbonyl (C=O) groups excluding carboxylic acids is 3. The number of hydrogen-bond donors (Lipinski definition) is 2. The SMILES string of the molecule is CNC(=O)C1c2c(ccc(-c3cc(C(=O)NC4(c5ccccn5)CC4)c(OCC(=O)OC)cc3C)c2F)OC1c1ccc(F)cc1. The Morgan fingerprint density at radius 1 is 1.02 bits per heavy atom. The van der Waals surface area contributed by atoms with Crippen LogP contribution in [0.4, 0.5) is 8.78 Å². The molecule has 236 valence electrons. The number of hydrogen-bond acceptors (Lipinski definition) is 7. The molecular formula is C35H31F2N3O6. The third-order valence-electron chi connectivity index (χ3n) is 8.43. The average molecular weight is 628 g/mol. The molecule has 1 aliphatic heterocycles. The average Bonchev–Trinajstić information content (AvgIpc) is 3.74. The first-order valence-electron chi connectivity index (χ1n) is 14.7. The molecule has 1 saturated carbocycles. The van der Waals surface area contributed by atoms with Gasteiger partial charge < -0.3 is 24.8 Å². The van der Waals surface area contributed by atoms with Crippen molar-refractivity contribution in [1.82, 2.24) is 15.6 Å². The van der Waals surface area contributed by atoms with E-state index in [0.717, 1.165) is 0 Å². The van der Waals surface area contributed by atoms with Gasteiger partial charge in [0.05, 0.1) is 23.9 Å². The number of amides is 2. The predicted octanol–water partition coefficient (Wildman–Crippen LogP) is 5.27. The Bertz CT molecular complexity index is 1830. The van der Waals surface area contributed by atoms with Gasteiger partial charge in [-0.05, 0) is 85.0 Å². The second kappa shape index (κ2) is 12.2. The second-order valence-corrected chi connectivity index (χ2v) is 11.3. The van der Waals surface area contributed by atoms with E-state index in [-0.39, 0.29) is 28.2 Å². The molecule has 46 heavy (non-hydrogen) atoms. The minimum Gasteiger partial charge on any atom is -0.484 e. The summed E-state index contributed by atoms with van der Waals surface area (Å²) in [6.45, 7) is 1.28. The lowest BCUT2D eigenvalue weighted by molar-refractivity contribution is -0.142.